The van der Waals surface area contributed by atoms with Gasteiger partial charge in [-0.1, -0.05) is 11.2 Å². The maximum Gasteiger partial charge on any atom is 0.308 e. The molecule has 0 unspecified atom stereocenters. The maximum absolute atomic E-state index is 13.7. The van der Waals surface area contributed by atoms with E-state index in [0.29, 0.717) is 10.9 Å². The molecule has 1 aromatic carbocycles. The van der Waals surface area contributed by atoms with Crippen LogP contribution in [0.3, 0.4) is 0 Å². The van der Waals surface area contributed by atoms with E-state index in [-0.39, 0.29) is 18.3 Å². The van der Waals surface area contributed by atoms with Crippen molar-refractivity contribution in [1.29, 1.82) is 0 Å². The van der Waals surface area contributed by atoms with Crippen molar-refractivity contribution in [2.75, 3.05) is 0 Å². The summed E-state index contributed by atoms with van der Waals surface area (Å²) in [5.41, 5.74) is -2.37. The largest absolute Gasteiger partial charge is 0.343 e. The summed E-state index contributed by atoms with van der Waals surface area (Å²) in [5.74, 6) is -6.89. The molecule has 12 heteroatoms. The molecule has 1 N–H and O–H groups in total. The molecule has 134 valence electrons. The fraction of sp³-hybridized carbons (Fsp3) is 0.0714. The molecule has 8 nitrogen and oxygen atoms in total. The minimum Gasteiger partial charge on any atom is -0.343 e. The Hall–Kier alpha value is -3.28. The Kier molecular flexibility index (Phi) is 4.67. The lowest BCUT2D eigenvalue weighted by atomic mass is 10.1. The van der Waals surface area contributed by atoms with Gasteiger partial charge in [0, 0.05) is 6.07 Å². The lowest BCUT2D eigenvalue weighted by Crippen LogP contribution is -2.25. The van der Waals surface area contributed by atoms with Gasteiger partial charge < -0.3 is 9.84 Å². The SMILES string of the molecule is O=C(NCc1nc(-c2cccs2)no1)c1cc([N+](=O)[O-])c(F)c(F)c1F. The van der Waals surface area contributed by atoms with Crippen molar-refractivity contribution in [2.45, 2.75) is 6.54 Å². The Morgan fingerprint density at radius 2 is 2.08 bits per heavy atom. The molecule has 0 aliphatic heterocycles. The van der Waals surface area contributed by atoms with Crippen LogP contribution >= 0.6 is 11.3 Å². The number of hydrogen-bond donors (Lipinski definition) is 1. The predicted octanol–water partition coefficient (Wildman–Crippen LogP) is 3.05. The molecule has 0 bridgehead atoms. The highest BCUT2D eigenvalue weighted by Crippen LogP contribution is 2.25. The fourth-order valence-electron chi connectivity index (χ4n) is 1.97. The van der Waals surface area contributed by atoms with Crippen LogP contribution in [0.1, 0.15) is 16.2 Å². The summed E-state index contributed by atoms with van der Waals surface area (Å²) < 4.78 is 45.4. The average Bonchev–Trinajstić information content (AvgIpc) is 3.28. The van der Waals surface area contributed by atoms with Crippen molar-refractivity contribution in [3.8, 4) is 10.7 Å². The van der Waals surface area contributed by atoms with Gasteiger partial charge in [0.25, 0.3) is 5.91 Å². The van der Waals surface area contributed by atoms with Gasteiger partial charge in [0.05, 0.1) is 21.9 Å². The topological polar surface area (TPSA) is 111 Å². The molecule has 0 atom stereocenters. The number of aromatic nitrogens is 2. The molecule has 3 rings (SSSR count). The van der Waals surface area contributed by atoms with Crippen LogP contribution in [-0.2, 0) is 6.54 Å². The summed E-state index contributed by atoms with van der Waals surface area (Å²) >= 11 is 1.36. The van der Waals surface area contributed by atoms with Crippen LogP contribution in [0.2, 0.25) is 0 Å². The lowest BCUT2D eigenvalue weighted by molar-refractivity contribution is -0.387. The molecular formula is C14H7F3N4O4S. The number of nitro benzene ring substituents is 1. The molecule has 0 radical (unpaired) electrons. The van der Waals surface area contributed by atoms with Gasteiger partial charge >= 0.3 is 5.69 Å². The van der Waals surface area contributed by atoms with Crippen molar-refractivity contribution >= 4 is 22.9 Å². The number of rotatable bonds is 5. The van der Waals surface area contributed by atoms with Crippen LogP contribution in [-0.4, -0.2) is 21.0 Å². The maximum atomic E-state index is 13.7. The Morgan fingerprint density at radius 3 is 2.73 bits per heavy atom. The van der Waals surface area contributed by atoms with E-state index in [0.717, 1.165) is 0 Å². The first kappa shape index (κ1) is 17.5. The predicted molar refractivity (Wildman–Crippen MR) is 81.8 cm³/mol. The van der Waals surface area contributed by atoms with Crippen LogP contribution in [0.4, 0.5) is 18.9 Å². The van der Waals surface area contributed by atoms with Crippen molar-refractivity contribution in [3.63, 3.8) is 0 Å². The van der Waals surface area contributed by atoms with Gasteiger partial charge in [-0.15, -0.1) is 11.3 Å². The Bertz CT molecular complexity index is 990. The smallest absolute Gasteiger partial charge is 0.308 e. The highest BCUT2D eigenvalue weighted by atomic mass is 32.1. The van der Waals surface area contributed by atoms with Gasteiger partial charge in [-0.05, 0) is 11.4 Å². The third kappa shape index (κ3) is 3.26. The summed E-state index contributed by atoms with van der Waals surface area (Å²) in [6, 6.07) is 3.83. The molecular weight excluding hydrogens is 377 g/mol. The highest BCUT2D eigenvalue weighted by molar-refractivity contribution is 7.13. The molecule has 2 heterocycles. The Morgan fingerprint density at radius 1 is 1.31 bits per heavy atom. The number of nitrogens with zero attached hydrogens (tertiary/aromatic N) is 3. The number of hydrogen-bond acceptors (Lipinski definition) is 7. The van der Waals surface area contributed by atoms with Crippen LogP contribution in [0.15, 0.2) is 28.1 Å². The van der Waals surface area contributed by atoms with Crippen LogP contribution < -0.4 is 5.32 Å². The van der Waals surface area contributed by atoms with Gasteiger partial charge in [-0.3, -0.25) is 14.9 Å². The highest BCUT2D eigenvalue weighted by Gasteiger charge is 2.28. The summed E-state index contributed by atoms with van der Waals surface area (Å²) in [7, 11) is 0. The summed E-state index contributed by atoms with van der Waals surface area (Å²) in [5, 5.41) is 18.3. The first-order chi connectivity index (χ1) is 12.4. The first-order valence-electron chi connectivity index (χ1n) is 6.85. The second-order valence-electron chi connectivity index (χ2n) is 4.81. The van der Waals surface area contributed by atoms with Crippen molar-refractivity contribution in [1.82, 2.24) is 15.5 Å². The molecule has 0 fully saturated rings. The van der Waals surface area contributed by atoms with Crippen LogP contribution in [0, 0.1) is 27.6 Å². The number of amides is 1. The van der Waals surface area contributed by atoms with E-state index in [1.165, 1.54) is 11.3 Å². The number of nitrogens with one attached hydrogen (secondary N) is 1. The van der Waals surface area contributed by atoms with Gasteiger partial charge in [-0.25, -0.2) is 8.78 Å². The van der Waals surface area contributed by atoms with Gasteiger partial charge in [0.1, 0.15) is 0 Å². The third-order valence-corrected chi connectivity index (χ3v) is 4.04. The second-order valence-corrected chi connectivity index (χ2v) is 5.76. The zero-order chi connectivity index (χ0) is 18.8. The molecule has 3 aromatic rings. The van der Waals surface area contributed by atoms with Crippen molar-refractivity contribution in [3.05, 3.63) is 62.6 Å². The van der Waals surface area contributed by atoms with Crippen molar-refractivity contribution in [2.24, 2.45) is 0 Å². The molecule has 0 saturated carbocycles. The summed E-state index contributed by atoms with van der Waals surface area (Å²) in [6.07, 6.45) is 0. The minimum atomic E-state index is -2.11. The monoisotopic (exact) mass is 384 g/mol. The van der Waals surface area contributed by atoms with E-state index in [2.05, 4.69) is 15.5 Å². The van der Waals surface area contributed by atoms with Gasteiger partial charge in [0.15, 0.2) is 5.82 Å². The van der Waals surface area contributed by atoms with E-state index in [9.17, 15) is 28.1 Å². The Balaban J connectivity index is 1.77. The lowest BCUT2D eigenvalue weighted by Gasteiger charge is -2.05. The molecule has 0 aliphatic rings. The standard InChI is InChI=1S/C14H7F3N4O4S/c15-10-6(4-7(21(23)24)11(16)12(10)17)14(22)18-5-9-19-13(20-25-9)8-2-1-3-26-8/h1-4H,5H2,(H,18,22). The number of thiophene rings is 1. The molecule has 2 aromatic heterocycles. The normalized spacial score (nSPS) is 10.7. The third-order valence-electron chi connectivity index (χ3n) is 3.18. The first-order valence-corrected chi connectivity index (χ1v) is 7.73. The van der Waals surface area contributed by atoms with E-state index in [4.69, 9.17) is 4.52 Å². The van der Waals surface area contributed by atoms with Crippen LogP contribution in [0.25, 0.3) is 10.7 Å². The average molecular weight is 384 g/mol. The summed E-state index contributed by atoms with van der Waals surface area (Å²) in [6.45, 7) is -0.344. The number of carbonyl (C=O) groups is 1. The minimum absolute atomic E-state index is 0.0285. The van der Waals surface area contributed by atoms with E-state index >= 15 is 0 Å². The number of nitro groups is 1. The van der Waals surface area contributed by atoms with Gasteiger partial charge in [0.2, 0.25) is 23.3 Å². The molecule has 1 amide bonds. The Labute approximate surface area is 146 Å². The second kappa shape index (κ2) is 6.92. The summed E-state index contributed by atoms with van der Waals surface area (Å²) in [4.78, 5) is 26.1. The molecule has 26 heavy (non-hydrogen) atoms. The number of carbonyl (C=O) groups excluding carboxylic acids is 1. The van der Waals surface area contributed by atoms with E-state index in [1.807, 2.05) is 0 Å². The number of halogens is 3. The zero-order valence-corrected chi connectivity index (χ0v) is 13.3. The van der Waals surface area contributed by atoms with Gasteiger partial charge in [-0.2, -0.15) is 9.37 Å². The molecule has 0 aliphatic carbocycles. The molecule has 0 saturated heterocycles. The molecule has 0 spiro atoms. The van der Waals surface area contributed by atoms with Crippen molar-refractivity contribution < 1.29 is 27.4 Å². The van der Waals surface area contributed by atoms with E-state index in [1.54, 1.807) is 17.5 Å². The van der Waals surface area contributed by atoms with Crippen LogP contribution in [0.5, 0.6) is 0 Å². The number of benzene rings is 1. The fourth-order valence-corrected chi connectivity index (χ4v) is 2.62. The van der Waals surface area contributed by atoms with E-state index < -0.39 is 39.5 Å². The zero-order valence-electron chi connectivity index (χ0n) is 12.5. The quantitative estimate of drug-likeness (QED) is 0.411.